The summed E-state index contributed by atoms with van der Waals surface area (Å²) in [5.41, 5.74) is 0.645. The van der Waals surface area contributed by atoms with E-state index in [2.05, 4.69) is 10.6 Å². The van der Waals surface area contributed by atoms with E-state index in [4.69, 9.17) is 12.2 Å². The fourth-order valence-corrected chi connectivity index (χ4v) is 1.01. The van der Waals surface area contributed by atoms with E-state index < -0.39 is 0 Å². The topological polar surface area (TPSA) is 41.1 Å². The molecule has 0 bridgehead atoms. The highest BCUT2D eigenvalue weighted by Crippen LogP contribution is 1.97. The molecule has 0 heterocycles. The predicted octanol–water partition coefficient (Wildman–Crippen LogP) is 0.963. The molecule has 2 N–H and O–H groups in total. The Morgan fingerprint density at radius 3 is 2.57 bits per heavy atom. The molecule has 0 radical (unpaired) electrons. The van der Waals surface area contributed by atoms with Crippen molar-refractivity contribution in [3.05, 3.63) is 35.9 Å². The molecule has 1 rings (SSSR count). The molecule has 1 aromatic rings. The second-order valence-electron chi connectivity index (χ2n) is 2.72. The molecule has 0 aliphatic rings. The summed E-state index contributed by atoms with van der Waals surface area (Å²) in [6.07, 6.45) is 0. The van der Waals surface area contributed by atoms with Gasteiger partial charge in [-0.1, -0.05) is 30.4 Å². The molecule has 1 amide bonds. The standard InChI is InChI=1S/C10H12N2OS/c1-11-9(14)7-12-10(13)8-5-3-2-4-6-8/h2-6H,7H2,1H3,(H,11,14)(H,12,13). The minimum absolute atomic E-state index is 0.108. The second kappa shape index (κ2) is 5.34. The first-order valence-electron chi connectivity index (χ1n) is 4.28. The molecule has 0 saturated heterocycles. The number of rotatable bonds is 3. The first kappa shape index (κ1) is 10.7. The third kappa shape index (κ3) is 3.14. The number of likely N-dealkylation sites (N-methyl/N-ethyl adjacent to an activating group) is 1. The molecule has 0 aliphatic heterocycles. The third-order valence-electron chi connectivity index (χ3n) is 1.72. The van der Waals surface area contributed by atoms with Crippen LogP contribution in [-0.4, -0.2) is 24.5 Å². The van der Waals surface area contributed by atoms with E-state index in [1.54, 1.807) is 19.2 Å². The number of hydrogen-bond acceptors (Lipinski definition) is 2. The SMILES string of the molecule is CNC(=S)CNC(=O)c1ccccc1. The van der Waals surface area contributed by atoms with Crippen molar-refractivity contribution in [1.29, 1.82) is 0 Å². The molecule has 1 aromatic carbocycles. The summed E-state index contributed by atoms with van der Waals surface area (Å²) in [4.78, 5) is 12.1. The number of hydrogen-bond donors (Lipinski definition) is 2. The van der Waals surface area contributed by atoms with Gasteiger partial charge in [-0.2, -0.15) is 0 Å². The van der Waals surface area contributed by atoms with E-state index in [1.165, 1.54) is 0 Å². The lowest BCUT2D eigenvalue weighted by Gasteiger charge is -2.05. The summed E-state index contributed by atoms with van der Waals surface area (Å²) in [5.74, 6) is -0.108. The van der Waals surface area contributed by atoms with Crippen LogP contribution in [0.3, 0.4) is 0 Å². The summed E-state index contributed by atoms with van der Waals surface area (Å²) in [7, 11) is 1.73. The zero-order valence-corrected chi connectivity index (χ0v) is 8.73. The lowest BCUT2D eigenvalue weighted by molar-refractivity contribution is 0.0959. The van der Waals surface area contributed by atoms with Gasteiger partial charge in [0.25, 0.3) is 5.91 Å². The summed E-state index contributed by atoms with van der Waals surface area (Å²) in [6.45, 7) is 0.375. The van der Waals surface area contributed by atoms with Gasteiger partial charge in [-0.05, 0) is 12.1 Å². The molecule has 0 spiro atoms. The number of amides is 1. The highest BCUT2D eigenvalue weighted by molar-refractivity contribution is 7.80. The quantitative estimate of drug-likeness (QED) is 0.727. The predicted molar refractivity (Wildman–Crippen MR) is 60.4 cm³/mol. The van der Waals surface area contributed by atoms with Crippen molar-refractivity contribution in [2.75, 3.05) is 13.6 Å². The largest absolute Gasteiger partial charge is 0.381 e. The normalized spacial score (nSPS) is 9.21. The van der Waals surface area contributed by atoms with Crippen molar-refractivity contribution in [2.45, 2.75) is 0 Å². The molecule has 74 valence electrons. The lowest BCUT2D eigenvalue weighted by Crippen LogP contribution is -2.33. The number of carbonyl (C=O) groups is 1. The van der Waals surface area contributed by atoms with Crippen molar-refractivity contribution in [3.8, 4) is 0 Å². The summed E-state index contributed by atoms with van der Waals surface area (Å²) in [6, 6.07) is 9.04. The van der Waals surface area contributed by atoms with Gasteiger partial charge >= 0.3 is 0 Å². The van der Waals surface area contributed by atoms with E-state index in [1.807, 2.05) is 18.2 Å². The monoisotopic (exact) mass is 208 g/mol. The molecule has 0 atom stereocenters. The summed E-state index contributed by atoms with van der Waals surface area (Å²) >= 11 is 4.90. The van der Waals surface area contributed by atoms with E-state index >= 15 is 0 Å². The number of thiocarbonyl (C=S) groups is 1. The van der Waals surface area contributed by atoms with E-state index in [-0.39, 0.29) is 5.91 Å². The van der Waals surface area contributed by atoms with Gasteiger partial charge in [0.15, 0.2) is 0 Å². The van der Waals surface area contributed by atoms with Gasteiger partial charge in [-0.15, -0.1) is 0 Å². The lowest BCUT2D eigenvalue weighted by atomic mass is 10.2. The van der Waals surface area contributed by atoms with Crippen LogP contribution in [0.5, 0.6) is 0 Å². The Balaban J connectivity index is 2.48. The Morgan fingerprint density at radius 2 is 2.00 bits per heavy atom. The highest BCUT2D eigenvalue weighted by Gasteiger charge is 2.03. The average molecular weight is 208 g/mol. The minimum Gasteiger partial charge on any atom is -0.381 e. The smallest absolute Gasteiger partial charge is 0.251 e. The summed E-state index contributed by atoms with van der Waals surface area (Å²) < 4.78 is 0. The second-order valence-corrected chi connectivity index (χ2v) is 3.21. The first-order chi connectivity index (χ1) is 6.74. The van der Waals surface area contributed by atoms with Gasteiger partial charge in [0, 0.05) is 12.6 Å². The van der Waals surface area contributed by atoms with Crippen molar-refractivity contribution in [3.63, 3.8) is 0 Å². The number of benzene rings is 1. The molecule has 0 fully saturated rings. The van der Waals surface area contributed by atoms with Gasteiger partial charge in [0.2, 0.25) is 0 Å². The zero-order valence-electron chi connectivity index (χ0n) is 7.91. The van der Waals surface area contributed by atoms with E-state index in [9.17, 15) is 4.79 Å². The van der Waals surface area contributed by atoms with Gasteiger partial charge < -0.3 is 10.6 Å². The molecule has 0 saturated carbocycles. The molecule has 4 heteroatoms. The van der Waals surface area contributed by atoms with E-state index in [0.717, 1.165) is 0 Å². The van der Waals surface area contributed by atoms with Crippen LogP contribution < -0.4 is 10.6 Å². The fraction of sp³-hybridized carbons (Fsp3) is 0.200. The molecule has 14 heavy (non-hydrogen) atoms. The molecule has 0 aromatic heterocycles. The van der Waals surface area contributed by atoms with Gasteiger partial charge in [0.05, 0.1) is 11.5 Å². The Kier molecular flexibility index (Phi) is 4.07. The molecular formula is C10H12N2OS. The number of carbonyl (C=O) groups excluding carboxylic acids is 1. The molecule has 0 aliphatic carbocycles. The highest BCUT2D eigenvalue weighted by atomic mass is 32.1. The van der Waals surface area contributed by atoms with Crippen molar-refractivity contribution < 1.29 is 4.79 Å². The maximum atomic E-state index is 11.5. The van der Waals surface area contributed by atoms with Crippen LogP contribution >= 0.6 is 12.2 Å². The Labute approximate surface area is 88.5 Å². The first-order valence-corrected chi connectivity index (χ1v) is 4.68. The summed E-state index contributed by atoms with van der Waals surface area (Å²) in [5, 5.41) is 5.50. The van der Waals surface area contributed by atoms with Crippen molar-refractivity contribution >= 4 is 23.1 Å². The van der Waals surface area contributed by atoms with Crippen LogP contribution in [0.15, 0.2) is 30.3 Å². The fourth-order valence-electron chi connectivity index (χ4n) is 0.941. The number of nitrogens with one attached hydrogen (secondary N) is 2. The van der Waals surface area contributed by atoms with Crippen LogP contribution in [-0.2, 0) is 0 Å². The van der Waals surface area contributed by atoms with Crippen LogP contribution in [0.2, 0.25) is 0 Å². The Bertz CT molecular complexity index is 324. The van der Waals surface area contributed by atoms with Crippen molar-refractivity contribution in [1.82, 2.24) is 10.6 Å². The average Bonchev–Trinajstić information content (AvgIpc) is 2.26. The van der Waals surface area contributed by atoms with Crippen molar-refractivity contribution in [2.24, 2.45) is 0 Å². The van der Waals surface area contributed by atoms with Crippen LogP contribution in [0.25, 0.3) is 0 Å². The van der Waals surface area contributed by atoms with Crippen LogP contribution in [0.4, 0.5) is 0 Å². The maximum absolute atomic E-state index is 11.5. The van der Waals surface area contributed by atoms with Crippen LogP contribution in [0.1, 0.15) is 10.4 Å². The minimum atomic E-state index is -0.108. The van der Waals surface area contributed by atoms with Gasteiger partial charge in [-0.25, -0.2) is 0 Å². The molecular weight excluding hydrogens is 196 g/mol. The van der Waals surface area contributed by atoms with E-state index in [0.29, 0.717) is 17.1 Å². The van der Waals surface area contributed by atoms with Crippen LogP contribution in [0, 0.1) is 0 Å². The Morgan fingerprint density at radius 1 is 1.36 bits per heavy atom. The Hall–Kier alpha value is -1.42. The maximum Gasteiger partial charge on any atom is 0.251 e. The van der Waals surface area contributed by atoms with Gasteiger partial charge in [-0.3, -0.25) is 4.79 Å². The zero-order chi connectivity index (χ0) is 10.4. The van der Waals surface area contributed by atoms with Gasteiger partial charge in [0.1, 0.15) is 0 Å². The molecule has 3 nitrogen and oxygen atoms in total. The third-order valence-corrected chi connectivity index (χ3v) is 2.07. The molecule has 0 unspecified atom stereocenters.